The number of halogens is 1. The van der Waals surface area contributed by atoms with Gasteiger partial charge in [0, 0.05) is 11.5 Å². The molecule has 0 amide bonds. The van der Waals surface area contributed by atoms with Crippen LogP contribution in [0.4, 0.5) is 4.39 Å². The second-order valence-electron chi connectivity index (χ2n) is 5.91. The molecule has 0 aliphatic rings. The highest BCUT2D eigenvalue weighted by Gasteiger charge is 2.12. The predicted octanol–water partition coefficient (Wildman–Crippen LogP) is 4.82. The molecule has 0 atom stereocenters. The van der Waals surface area contributed by atoms with Crippen LogP contribution in [0.1, 0.15) is 10.4 Å². The molecular formula is C22H13FO4. The van der Waals surface area contributed by atoms with Crippen LogP contribution in [-0.2, 0) is 0 Å². The molecule has 0 N–H and O–H groups in total. The maximum Gasteiger partial charge on any atom is 0.344 e. The number of carbonyl (C=O) groups excluding carboxylic acids is 1. The van der Waals surface area contributed by atoms with Crippen molar-refractivity contribution < 1.29 is 18.3 Å². The van der Waals surface area contributed by atoms with Gasteiger partial charge in [-0.2, -0.15) is 0 Å². The zero-order valence-electron chi connectivity index (χ0n) is 14.0. The standard InChI is InChI=1S/C22H13FO4/c23-17-9-6-15(7-10-17)21(24)26-18-11-8-16-12-19(14-4-2-1-3-5-14)22(25)27-20(16)13-18/h1-13H. The maximum absolute atomic E-state index is 13.0. The van der Waals surface area contributed by atoms with Gasteiger partial charge in [-0.25, -0.2) is 14.0 Å². The molecule has 3 aromatic carbocycles. The second-order valence-corrected chi connectivity index (χ2v) is 5.91. The molecule has 1 aromatic heterocycles. The van der Waals surface area contributed by atoms with Crippen molar-refractivity contribution in [2.75, 3.05) is 0 Å². The number of carbonyl (C=O) groups is 1. The van der Waals surface area contributed by atoms with Crippen LogP contribution in [-0.4, -0.2) is 5.97 Å². The van der Waals surface area contributed by atoms with E-state index in [9.17, 15) is 14.0 Å². The highest BCUT2D eigenvalue weighted by atomic mass is 19.1. The van der Waals surface area contributed by atoms with Crippen LogP contribution in [0.5, 0.6) is 5.75 Å². The van der Waals surface area contributed by atoms with E-state index in [2.05, 4.69) is 0 Å². The van der Waals surface area contributed by atoms with Crippen molar-refractivity contribution in [2.24, 2.45) is 0 Å². The van der Waals surface area contributed by atoms with Crippen molar-refractivity contribution >= 4 is 16.9 Å². The summed E-state index contributed by atoms with van der Waals surface area (Å²) in [5, 5.41) is 0.704. The van der Waals surface area contributed by atoms with Gasteiger partial charge in [0.2, 0.25) is 0 Å². The monoisotopic (exact) mass is 360 g/mol. The minimum atomic E-state index is -0.627. The van der Waals surface area contributed by atoms with Gasteiger partial charge in [0.25, 0.3) is 0 Å². The first-order valence-corrected chi connectivity index (χ1v) is 8.21. The second kappa shape index (κ2) is 6.88. The van der Waals surface area contributed by atoms with Crippen molar-refractivity contribution in [1.29, 1.82) is 0 Å². The molecule has 0 fully saturated rings. The van der Waals surface area contributed by atoms with Gasteiger partial charge in [-0.1, -0.05) is 30.3 Å². The summed E-state index contributed by atoms with van der Waals surface area (Å²) in [7, 11) is 0. The highest BCUT2D eigenvalue weighted by molar-refractivity contribution is 5.91. The van der Waals surface area contributed by atoms with Gasteiger partial charge in [0.05, 0.1) is 11.1 Å². The number of benzene rings is 3. The molecule has 0 saturated carbocycles. The molecule has 0 spiro atoms. The Kier molecular flexibility index (Phi) is 4.26. The minimum Gasteiger partial charge on any atom is -0.423 e. The number of hydrogen-bond acceptors (Lipinski definition) is 4. The highest BCUT2D eigenvalue weighted by Crippen LogP contribution is 2.25. The molecule has 0 unspecified atom stereocenters. The van der Waals surface area contributed by atoms with Gasteiger partial charge < -0.3 is 9.15 Å². The summed E-state index contributed by atoms with van der Waals surface area (Å²) in [6.07, 6.45) is 0. The Hall–Kier alpha value is -3.73. The lowest BCUT2D eigenvalue weighted by Gasteiger charge is -2.06. The Morgan fingerprint density at radius 3 is 2.37 bits per heavy atom. The fraction of sp³-hybridized carbons (Fsp3) is 0. The summed E-state index contributed by atoms with van der Waals surface area (Å²) in [4.78, 5) is 24.4. The molecular weight excluding hydrogens is 347 g/mol. The predicted molar refractivity (Wildman–Crippen MR) is 99.3 cm³/mol. The van der Waals surface area contributed by atoms with E-state index in [1.54, 1.807) is 18.2 Å². The molecule has 27 heavy (non-hydrogen) atoms. The molecule has 132 valence electrons. The molecule has 0 aliphatic carbocycles. The summed E-state index contributed by atoms with van der Waals surface area (Å²) in [5.74, 6) is -0.835. The zero-order valence-corrected chi connectivity index (χ0v) is 14.0. The Labute approximate surface area is 153 Å². The average Bonchev–Trinajstić information content (AvgIpc) is 2.68. The third kappa shape index (κ3) is 3.48. The third-order valence-electron chi connectivity index (χ3n) is 4.08. The number of hydrogen-bond donors (Lipinski definition) is 0. The summed E-state index contributed by atoms with van der Waals surface area (Å²) in [6.45, 7) is 0. The normalized spacial score (nSPS) is 10.7. The lowest BCUT2D eigenvalue weighted by Crippen LogP contribution is -2.08. The van der Waals surface area contributed by atoms with Gasteiger partial charge in [0.1, 0.15) is 17.1 Å². The lowest BCUT2D eigenvalue weighted by atomic mass is 10.1. The first-order chi connectivity index (χ1) is 13.1. The first kappa shape index (κ1) is 16.7. The van der Waals surface area contributed by atoms with Crippen molar-refractivity contribution in [3.05, 3.63) is 101 Å². The number of esters is 1. The van der Waals surface area contributed by atoms with E-state index >= 15 is 0 Å². The van der Waals surface area contributed by atoms with Crippen molar-refractivity contribution in [1.82, 2.24) is 0 Å². The van der Waals surface area contributed by atoms with E-state index in [1.807, 2.05) is 30.3 Å². The van der Waals surface area contributed by atoms with Crippen molar-refractivity contribution in [3.63, 3.8) is 0 Å². The SMILES string of the molecule is O=C(Oc1ccc2cc(-c3ccccc3)c(=O)oc2c1)c1ccc(F)cc1. The maximum atomic E-state index is 13.0. The Morgan fingerprint density at radius 2 is 1.63 bits per heavy atom. The van der Waals surface area contributed by atoms with Crippen LogP contribution in [0.25, 0.3) is 22.1 Å². The zero-order chi connectivity index (χ0) is 18.8. The lowest BCUT2D eigenvalue weighted by molar-refractivity contribution is 0.0735. The largest absolute Gasteiger partial charge is 0.423 e. The molecule has 0 bridgehead atoms. The summed E-state index contributed by atoms with van der Waals surface area (Å²) < 4.78 is 23.6. The third-order valence-corrected chi connectivity index (χ3v) is 4.08. The summed E-state index contributed by atoms with van der Waals surface area (Å²) in [6, 6.07) is 20.8. The first-order valence-electron chi connectivity index (χ1n) is 8.21. The van der Waals surface area contributed by atoms with Gasteiger partial charge in [-0.3, -0.25) is 0 Å². The van der Waals surface area contributed by atoms with Crippen LogP contribution >= 0.6 is 0 Å². The fourth-order valence-corrected chi connectivity index (χ4v) is 2.73. The Balaban J connectivity index is 1.66. The molecule has 4 aromatic rings. The Morgan fingerprint density at radius 1 is 0.889 bits per heavy atom. The van der Waals surface area contributed by atoms with Crippen LogP contribution < -0.4 is 10.4 Å². The molecule has 0 aliphatic heterocycles. The van der Waals surface area contributed by atoms with Gasteiger partial charge in [-0.15, -0.1) is 0 Å². The molecule has 0 saturated heterocycles. The van der Waals surface area contributed by atoms with E-state index in [4.69, 9.17) is 9.15 Å². The number of ether oxygens (including phenoxy) is 1. The summed E-state index contributed by atoms with van der Waals surface area (Å²) >= 11 is 0. The van der Waals surface area contributed by atoms with Gasteiger partial charge in [-0.05, 0) is 48.0 Å². The Bertz CT molecular complexity index is 1180. The summed E-state index contributed by atoms with van der Waals surface area (Å²) in [5.41, 5.74) is 1.27. The molecule has 0 radical (unpaired) electrons. The fourth-order valence-electron chi connectivity index (χ4n) is 2.73. The van der Waals surface area contributed by atoms with E-state index < -0.39 is 17.4 Å². The number of fused-ring (bicyclic) bond motifs is 1. The van der Waals surface area contributed by atoms with E-state index in [-0.39, 0.29) is 11.3 Å². The quantitative estimate of drug-likeness (QED) is 0.299. The number of rotatable bonds is 3. The van der Waals surface area contributed by atoms with Crippen LogP contribution in [0.2, 0.25) is 0 Å². The molecule has 1 heterocycles. The van der Waals surface area contributed by atoms with E-state index in [1.165, 1.54) is 30.3 Å². The topological polar surface area (TPSA) is 56.5 Å². The van der Waals surface area contributed by atoms with E-state index in [0.29, 0.717) is 16.5 Å². The van der Waals surface area contributed by atoms with E-state index in [0.717, 1.165) is 5.56 Å². The van der Waals surface area contributed by atoms with Gasteiger partial charge in [0.15, 0.2) is 0 Å². The van der Waals surface area contributed by atoms with Crippen LogP contribution in [0.3, 0.4) is 0 Å². The molecule has 4 nitrogen and oxygen atoms in total. The van der Waals surface area contributed by atoms with Crippen LogP contribution in [0.15, 0.2) is 88.1 Å². The van der Waals surface area contributed by atoms with Crippen molar-refractivity contribution in [3.8, 4) is 16.9 Å². The molecule has 4 rings (SSSR count). The van der Waals surface area contributed by atoms with Crippen LogP contribution in [0, 0.1) is 5.82 Å². The molecule has 5 heteroatoms. The minimum absolute atomic E-state index is 0.220. The smallest absolute Gasteiger partial charge is 0.344 e. The average molecular weight is 360 g/mol. The van der Waals surface area contributed by atoms with Gasteiger partial charge >= 0.3 is 11.6 Å². The van der Waals surface area contributed by atoms with Crippen molar-refractivity contribution in [2.45, 2.75) is 0 Å².